The minimum Gasteiger partial charge on any atom is -0.242 e. The fraction of sp³-hybridized carbons (Fsp3) is 0.500. The Bertz CT molecular complexity index is 359. The van der Waals surface area contributed by atoms with Gasteiger partial charge in [-0.05, 0) is 43.2 Å². The molecule has 1 heterocycles. The Hall–Kier alpha value is -1.36. The number of pyridine rings is 1. The summed E-state index contributed by atoms with van der Waals surface area (Å²) in [6.45, 7) is 2.29. The Morgan fingerprint density at radius 2 is 2.29 bits per heavy atom. The van der Waals surface area contributed by atoms with E-state index in [4.69, 9.17) is 5.26 Å². The fourth-order valence-electron chi connectivity index (χ4n) is 2.19. The second-order valence-corrected chi connectivity index (χ2v) is 4.27. The lowest BCUT2D eigenvalue weighted by Gasteiger charge is -2.32. The van der Waals surface area contributed by atoms with Crippen LogP contribution in [0, 0.1) is 23.2 Å². The van der Waals surface area contributed by atoms with Crippen molar-refractivity contribution in [3.8, 4) is 6.07 Å². The molecular formula is C12H14N2. The summed E-state index contributed by atoms with van der Waals surface area (Å²) in [6, 6.07) is 7.77. The van der Waals surface area contributed by atoms with Gasteiger partial charge in [0.2, 0.25) is 0 Å². The summed E-state index contributed by atoms with van der Waals surface area (Å²) in [7, 11) is 0. The van der Waals surface area contributed by atoms with Gasteiger partial charge in [-0.1, -0.05) is 13.0 Å². The summed E-state index contributed by atoms with van der Waals surface area (Å²) >= 11 is 0. The molecule has 0 amide bonds. The smallest absolute Gasteiger partial charge is 0.140 e. The van der Waals surface area contributed by atoms with E-state index >= 15 is 0 Å². The molecule has 1 aliphatic rings. The highest BCUT2D eigenvalue weighted by atomic mass is 14.7. The molecule has 0 aromatic carbocycles. The Balaban J connectivity index is 2.00. The second-order valence-electron chi connectivity index (χ2n) is 4.27. The van der Waals surface area contributed by atoms with Crippen molar-refractivity contribution in [1.82, 2.24) is 4.98 Å². The van der Waals surface area contributed by atoms with E-state index < -0.39 is 0 Å². The van der Waals surface area contributed by atoms with Gasteiger partial charge in [0.05, 0.1) is 0 Å². The van der Waals surface area contributed by atoms with Crippen molar-refractivity contribution in [3.63, 3.8) is 0 Å². The molecule has 0 spiro atoms. The van der Waals surface area contributed by atoms with E-state index in [0.717, 1.165) is 24.0 Å². The van der Waals surface area contributed by atoms with Crippen LogP contribution in [0.1, 0.15) is 31.2 Å². The van der Waals surface area contributed by atoms with Gasteiger partial charge < -0.3 is 0 Å². The van der Waals surface area contributed by atoms with E-state index in [1.165, 1.54) is 12.8 Å². The van der Waals surface area contributed by atoms with Crippen LogP contribution in [-0.2, 0) is 6.42 Å². The molecular weight excluding hydrogens is 172 g/mol. The molecule has 14 heavy (non-hydrogen) atoms. The van der Waals surface area contributed by atoms with Crippen LogP contribution >= 0.6 is 0 Å². The molecule has 1 saturated carbocycles. The minimum atomic E-state index is 0.537. The summed E-state index contributed by atoms with van der Waals surface area (Å²) in [5.41, 5.74) is 1.61. The number of hydrogen-bond acceptors (Lipinski definition) is 2. The number of aromatic nitrogens is 1. The molecule has 0 aliphatic heterocycles. The first-order valence-corrected chi connectivity index (χ1v) is 5.14. The van der Waals surface area contributed by atoms with Gasteiger partial charge in [-0.15, -0.1) is 0 Å². The zero-order valence-electron chi connectivity index (χ0n) is 8.40. The highest BCUT2D eigenvalue weighted by Gasteiger charge is 2.25. The van der Waals surface area contributed by atoms with Crippen LogP contribution < -0.4 is 0 Å². The Morgan fingerprint density at radius 3 is 2.93 bits per heavy atom. The van der Waals surface area contributed by atoms with Gasteiger partial charge in [0, 0.05) is 5.69 Å². The Morgan fingerprint density at radius 1 is 1.50 bits per heavy atom. The van der Waals surface area contributed by atoms with Crippen molar-refractivity contribution in [2.24, 2.45) is 11.8 Å². The lowest BCUT2D eigenvalue weighted by atomic mass is 9.74. The highest BCUT2D eigenvalue weighted by Crippen LogP contribution is 2.35. The maximum atomic E-state index is 8.70. The minimum absolute atomic E-state index is 0.537. The average Bonchev–Trinajstić information content (AvgIpc) is 2.16. The normalized spacial score (nSPS) is 25.1. The van der Waals surface area contributed by atoms with E-state index in [0.29, 0.717) is 5.69 Å². The van der Waals surface area contributed by atoms with Crippen LogP contribution in [0.25, 0.3) is 0 Å². The zero-order valence-corrected chi connectivity index (χ0v) is 8.40. The van der Waals surface area contributed by atoms with E-state index in [-0.39, 0.29) is 0 Å². The topological polar surface area (TPSA) is 36.7 Å². The highest BCUT2D eigenvalue weighted by molar-refractivity contribution is 5.22. The Labute approximate surface area is 84.6 Å². The predicted molar refractivity (Wildman–Crippen MR) is 54.5 cm³/mol. The van der Waals surface area contributed by atoms with Crippen LogP contribution in [0.3, 0.4) is 0 Å². The lowest BCUT2D eigenvalue weighted by Crippen LogP contribution is -2.23. The van der Waals surface area contributed by atoms with Crippen LogP contribution in [0.15, 0.2) is 18.2 Å². The monoisotopic (exact) mass is 186 g/mol. The van der Waals surface area contributed by atoms with Gasteiger partial charge in [-0.2, -0.15) is 5.26 Å². The summed E-state index contributed by atoms with van der Waals surface area (Å²) < 4.78 is 0. The van der Waals surface area contributed by atoms with Crippen molar-refractivity contribution in [3.05, 3.63) is 29.6 Å². The van der Waals surface area contributed by atoms with Gasteiger partial charge in [0.15, 0.2) is 0 Å². The maximum Gasteiger partial charge on any atom is 0.140 e. The molecule has 0 bridgehead atoms. The van der Waals surface area contributed by atoms with Gasteiger partial charge in [0.1, 0.15) is 11.8 Å². The predicted octanol–water partition coefficient (Wildman–Crippen LogP) is 2.54. The SMILES string of the molecule is CC1CC(Cc2cccc(C#N)n2)C1. The zero-order chi connectivity index (χ0) is 9.97. The van der Waals surface area contributed by atoms with E-state index in [2.05, 4.69) is 18.0 Å². The third-order valence-corrected chi connectivity index (χ3v) is 2.89. The van der Waals surface area contributed by atoms with Crippen molar-refractivity contribution >= 4 is 0 Å². The molecule has 0 atom stereocenters. The lowest BCUT2D eigenvalue weighted by molar-refractivity contribution is 0.210. The molecule has 0 saturated heterocycles. The van der Waals surface area contributed by atoms with Gasteiger partial charge in [0.25, 0.3) is 0 Å². The van der Waals surface area contributed by atoms with Crippen LogP contribution in [-0.4, -0.2) is 4.98 Å². The quantitative estimate of drug-likeness (QED) is 0.711. The van der Waals surface area contributed by atoms with Crippen molar-refractivity contribution in [2.45, 2.75) is 26.2 Å². The van der Waals surface area contributed by atoms with Crippen LogP contribution in [0.4, 0.5) is 0 Å². The summed E-state index contributed by atoms with van der Waals surface area (Å²) in [5.74, 6) is 1.69. The average molecular weight is 186 g/mol. The van der Waals surface area contributed by atoms with Gasteiger partial charge in [-0.3, -0.25) is 0 Å². The molecule has 2 rings (SSSR count). The van der Waals surface area contributed by atoms with Crippen LogP contribution in [0.5, 0.6) is 0 Å². The molecule has 1 aromatic heterocycles. The summed E-state index contributed by atoms with van der Waals surface area (Å²) in [6.07, 6.45) is 3.68. The molecule has 72 valence electrons. The molecule has 0 N–H and O–H groups in total. The third-order valence-electron chi connectivity index (χ3n) is 2.89. The van der Waals surface area contributed by atoms with Crippen molar-refractivity contribution in [2.75, 3.05) is 0 Å². The molecule has 2 nitrogen and oxygen atoms in total. The van der Waals surface area contributed by atoms with Crippen molar-refractivity contribution in [1.29, 1.82) is 5.26 Å². The number of nitriles is 1. The first-order valence-electron chi connectivity index (χ1n) is 5.14. The molecule has 1 aliphatic carbocycles. The molecule has 0 radical (unpaired) electrons. The summed E-state index contributed by atoms with van der Waals surface area (Å²) in [5, 5.41) is 8.70. The Kier molecular flexibility index (Phi) is 2.49. The van der Waals surface area contributed by atoms with E-state index in [1.54, 1.807) is 6.07 Å². The van der Waals surface area contributed by atoms with E-state index in [1.807, 2.05) is 12.1 Å². The fourth-order valence-corrected chi connectivity index (χ4v) is 2.19. The number of hydrogen-bond donors (Lipinski definition) is 0. The molecule has 0 unspecified atom stereocenters. The molecule has 2 heteroatoms. The van der Waals surface area contributed by atoms with Gasteiger partial charge >= 0.3 is 0 Å². The van der Waals surface area contributed by atoms with Gasteiger partial charge in [-0.25, -0.2) is 4.98 Å². The maximum absolute atomic E-state index is 8.70. The third kappa shape index (κ3) is 1.93. The van der Waals surface area contributed by atoms with Crippen molar-refractivity contribution < 1.29 is 0 Å². The van der Waals surface area contributed by atoms with Crippen LogP contribution in [0.2, 0.25) is 0 Å². The largest absolute Gasteiger partial charge is 0.242 e. The first-order chi connectivity index (χ1) is 6.78. The second kappa shape index (κ2) is 3.79. The molecule has 1 fully saturated rings. The van der Waals surface area contributed by atoms with E-state index in [9.17, 15) is 0 Å². The number of nitrogens with zero attached hydrogens (tertiary/aromatic N) is 2. The number of rotatable bonds is 2. The first kappa shape index (κ1) is 9.21. The molecule has 1 aromatic rings. The summed E-state index contributed by atoms with van der Waals surface area (Å²) in [4.78, 5) is 4.28. The standard InChI is InChI=1S/C12H14N2/c1-9-5-10(6-9)7-11-3-2-4-12(8-13)14-11/h2-4,9-10H,5-7H2,1H3.